The molecule has 0 aliphatic carbocycles. The average Bonchev–Trinajstić information content (AvgIpc) is 2.44. The van der Waals surface area contributed by atoms with E-state index in [1.165, 1.54) is 6.07 Å². The molecule has 0 unspecified atom stereocenters. The molecule has 0 spiro atoms. The van der Waals surface area contributed by atoms with Gasteiger partial charge in [-0.3, -0.25) is 19.7 Å². The fraction of sp³-hybridized carbons (Fsp3) is 0.333. The van der Waals surface area contributed by atoms with Crippen molar-refractivity contribution in [2.75, 3.05) is 13.1 Å². The Morgan fingerprint density at radius 2 is 1.95 bits per heavy atom. The van der Waals surface area contributed by atoms with Crippen LogP contribution in [-0.4, -0.2) is 29.8 Å². The summed E-state index contributed by atoms with van der Waals surface area (Å²) in [6, 6.07) is 2.21. The van der Waals surface area contributed by atoms with E-state index in [2.05, 4.69) is 10.6 Å². The van der Waals surface area contributed by atoms with Gasteiger partial charge in [0.25, 0.3) is 11.6 Å². The van der Waals surface area contributed by atoms with E-state index in [-0.39, 0.29) is 28.1 Å². The maximum Gasteiger partial charge on any atom is 0.290 e. The summed E-state index contributed by atoms with van der Waals surface area (Å²) >= 11 is 11.4. The van der Waals surface area contributed by atoms with Gasteiger partial charge in [-0.2, -0.15) is 0 Å². The predicted octanol–water partition coefficient (Wildman–Crippen LogP) is 2.16. The largest absolute Gasteiger partial charge is 0.355 e. The fourth-order valence-electron chi connectivity index (χ4n) is 1.43. The monoisotopic (exact) mass is 333 g/mol. The van der Waals surface area contributed by atoms with Gasteiger partial charge in [-0.05, 0) is 12.5 Å². The summed E-state index contributed by atoms with van der Waals surface area (Å²) in [7, 11) is 0. The molecule has 0 bridgehead atoms. The number of benzene rings is 1. The minimum Gasteiger partial charge on any atom is -0.355 e. The molecule has 0 saturated carbocycles. The van der Waals surface area contributed by atoms with Crippen molar-refractivity contribution in [3.8, 4) is 0 Å². The summed E-state index contributed by atoms with van der Waals surface area (Å²) in [5.74, 6) is -0.997. The molecule has 114 valence electrons. The third-order valence-electron chi connectivity index (χ3n) is 2.45. The first kappa shape index (κ1) is 17.2. The van der Waals surface area contributed by atoms with Crippen LogP contribution in [0.1, 0.15) is 23.7 Å². The summed E-state index contributed by atoms with van der Waals surface area (Å²) in [6.07, 6.45) is 0.776. The molecule has 0 heterocycles. The van der Waals surface area contributed by atoms with E-state index in [4.69, 9.17) is 23.2 Å². The Hall–Kier alpha value is -1.86. The molecule has 2 N–H and O–H groups in total. The molecule has 0 atom stereocenters. The molecule has 0 fully saturated rings. The maximum absolute atomic E-state index is 11.8. The second-order valence-corrected chi connectivity index (χ2v) is 4.87. The first-order valence-electron chi connectivity index (χ1n) is 6.05. The fourth-order valence-corrected chi connectivity index (χ4v) is 1.82. The van der Waals surface area contributed by atoms with Crippen molar-refractivity contribution in [2.45, 2.75) is 13.3 Å². The van der Waals surface area contributed by atoms with Crippen LogP contribution in [0, 0.1) is 10.1 Å². The Kier molecular flexibility index (Phi) is 6.39. The van der Waals surface area contributed by atoms with E-state index in [1.54, 1.807) is 0 Å². The molecule has 1 aromatic carbocycles. The highest BCUT2D eigenvalue weighted by atomic mass is 35.5. The molecular formula is C12H13Cl2N3O4. The standard InChI is InChI=1S/C12H13Cl2N3O4/c1-2-3-15-10(18)6-16-12(19)7-4-8(13)11(14)9(5-7)17(20)21/h4-5H,2-3,6H2,1H3,(H,15,18)(H,16,19). The first-order valence-corrected chi connectivity index (χ1v) is 6.80. The maximum atomic E-state index is 11.8. The molecule has 21 heavy (non-hydrogen) atoms. The van der Waals surface area contributed by atoms with Crippen molar-refractivity contribution >= 4 is 40.7 Å². The lowest BCUT2D eigenvalue weighted by Gasteiger charge is -2.07. The highest BCUT2D eigenvalue weighted by Crippen LogP contribution is 2.32. The molecule has 1 rings (SSSR count). The molecule has 0 saturated heterocycles. The quantitative estimate of drug-likeness (QED) is 0.615. The SMILES string of the molecule is CCCNC(=O)CNC(=O)c1cc(Cl)c(Cl)c([N+](=O)[O-])c1. The number of nitro groups is 1. The Morgan fingerprint density at radius 1 is 1.29 bits per heavy atom. The molecule has 0 aliphatic heterocycles. The van der Waals surface area contributed by atoms with Crippen LogP contribution < -0.4 is 10.6 Å². The number of amides is 2. The number of nitrogens with zero attached hydrogens (tertiary/aromatic N) is 1. The second kappa shape index (κ2) is 7.80. The summed E-state index contributed by atoms with van der Waals surface area (Å²) in [4.78, 5) is 33.3. The van der Waals surface area contributed by atoms with E-state index in [1.807, 2.05) is 6.92 Å². The molecule has 2 amide bonds. The van der Waals surface area contributed by atoms with Crippen LogP contribution in [0.3, 0.4) is 0 Å². The van der Waals surface area contributed by atoms with Crippen molar-refractivity contribution in [2.24, 2.45) is 0 Å². The van der Waals surface area contributed by atoms with Gasteiger partial charge in [-0.1, -0.05) is 30.1 Å². The van der Waals surface area contributed by atoms with E-state index in [0.29, 0.717) is 6.54 Å². The number of carbonyl (C=O) groups excluding carboxylic acids is 2. The number of halogens is 2. The van der Waals surface area contributed by atoms with Gasteiger partial charge >= 0.3 is 0 Å². The Bertz CT molecular complexity index is 578. The Balaban J connectivity index is 2.79. The van der Waals surface area contributed by atoms with Gasteiger partial charge in [-0.25, -0.2) is 0 Å². The number of nitro benzene ring substituents is 1. The zero-order valence-electron chi connectivity index (χ0n) is 11.1. The lowest BCUT2D eigenvalue weighted by atomic mass is 10.2. The number of hydrogen-bond acceptors (Lipinski definition) is 4. The number of carbonyl (C=O) groups is 2. The lowest BCUT2D eigenvalue weighted by Crippen LogP contribution is -2.37. The first-order chi connectivity index (χ1) is 9.86. The number of rotatable bonds is 6. The van der Waals surface area contributed by atoms with Gasteiger partial charge in [0.05, 0.1) is 16.5 Å². The average molecular weight is 334 g/mol. The van der Waals surface area contributed by atoms with Crippen LogP contribution in [0.4, 0.5) is 5.69 Å². The van der Waals surface area contributed by atoms with Crippen LogP contribution in [0.15, 0.2) is 12.1 Å². The minimum atomic E-state index is -0.737. The van der Waals surface area contributed by atoms with Crippen molar-refractivity contribution < 1.29 is 14.5 Å². The van der Waals surface area contributed by atoms with Gasteiger partial charge in [0, 0.05) is 18.2 Å². The molecule has 0 aromatic heterocycles. The number of hydrogen-bond donors (Lipinski definition) is 2. The van der Waals surface area contributed by atoms with Gasteiger partial charge in [0.1, 0.15) is 5.02 Å². The van der Waals surface area contributed by atoms with Crippen molar-refractivity contribution in [1.82, 2.24) is 10.6 Å². The summed E-state index contributed by atoms with van der Waals surface area (Å²) in [5.41, 5.74) is -0.510. The lowest BCUT2D eigenvalue weighted by molar-refractivity contribution is -0.384. The third kappa shape index (κ3) is 4.87. The second-order valence-electron chi connectivity index (χ2n) is 4.08. The van der Waals surface area contributed by atoms with Gasteiger partial charge in [0.2, 0.25) is 5.91 Å². The predicted molar refractivity (Wildman–Crippen MR) is 78.8 cm³/mol. The highest BCUT2D eigenvalue weighted by Gasteiger charge is 2.20. The van der Waals surface area contributed by atoms with Crippen molar-refractivity contribution in [1.29, 1.82) is 0 Å². The topological polar surface area (TPSA) is 101 Å². The molecule has 0 aliphatic rings. The Morgan fingerprint density at radius 3 is 2.52 bits per heavy atom. The molecule has 9 heteroatoms. The number of nitrogens with one attached hydrogen (secondary N) is 2. The van der Waals surface area contributed by atoms with Gasteiger partial charge < -0.3 is 10.6 Å². The van der Waals surface area contributed by atoms with Crippen LogP contribution in [-0.2, 0) is 4.79 Å². The molecular weight excluding hydrogens is 321 g/mol. The third-order valence-corrected chi connectivity index (χ3v) is 3.24. The van der Waals surface area contributed by atoms with Crippen molar-refractivity contribution in [3.05, 3.63) is 37.9 Å². The van der Waals surface area contributed by atoms with E-state index >= 15 is 0 Å². The van der Waals surface area contributed by atoms with Crippen molar-refractivity contribution in [3.63, 3.8) is 0 Å². The minimum absolute atomic E-state index is 0.0422. The van der Waals surface area contributed by atoms with Crippen LogP contribution in [0.2, 0.25) is 10.0 Å². The zero-order valence-corrected chi connectivity index (χ0v) is 12.6. The van der Waals surface area contributed by atoms with E-state index in [9.17, 15) is 19.7 Å². The van der Waals surface area contributed by atoms with E-state index < -0.39 is 16.5 Å². The van der Waals surface area contributed by atoms with E-state index in [0.717, 1.165) is 12.5 Å². The summed E-state index contributed by atoms with van der Waals surface area (Å²) < 4.78 is 0. The normalized spacial score (nSPS) is 10.0. The van der Waals surface area contributed by atoms with Gasteiger partial charge in [-0.15, -0.1) is 0 Å². The van der Waals surface area contributed by atoms with Crippen LogP contribution >= 0.6 is 23.2 Å². The summed E-state index contributed by atoms with van der Waals surface area (Å²) in [5, 5.41) is 15.4. The van der Waals surface area contributed by atoms with Crippen LogP contribution in [0.25, 0.3) is 0 Å². The highest BCUT2D eigenvalue weighted by molar-refractivity contribution is 6.43. The molecule has 1 aromatic rings. The molecule has 0 radical (unpaired) electrons. The molecule has 7 nitrogen and oxygen atoms in total. The zero-order chi connectivity index (χ0) is 16.0. The Labute approximate surface area is 130 Å². The van der Waals surface area contributed by atoms with Gasteiger partial charge in [0.15, 0.2) is 0 Å². The van der Waals surface area contributed by atoms with Crippen LogP contribution in [0.5, 0.6) is 0 Å². The smallest absolute Gasteiger partial charge is 0.290 e. The summed E-state index contributed by atoms with van der Waals surface area (Å²) in [6.45, 7) is 2.17.